The first kappa shape index (κ1) is 10.5. The monoisotopic (exact) mass is 216 g/mol. The molecule has 1 atom stereocenters. The van der Waals surface area contributed by atoms with E-state index in [1.165, 1.54) is 6.92 Å². The van der Waals surface area contributed by atoms with Crippen LogP contribution in [0, 0.1) is 0 Å². The molecule has 1 aromatic carbocycles. The molecular formula is C12H12N2O2. The van der Waals surface area contributed by atoms with E-state index in [1.807, 2.05) is 6.07 Å². The molecule has 0 saturated heterocycles. The van der Waals surface area contributed by atoms with Crippen LogP contribution in [-0.2, 0) is 4.79 Å². The minimum absolute atomic E-state index is 0.000360. The minimum Gasteiger partial charge on any atom is -0.299 e. The van der Waals surface area contributed by atoms with Gasteiger partial charge in [-0.2, -0.15) is 5.10 Å². The zero-order valence-electron chi connectivity index (χ0n) is 8.93. The average molecular weight is 216 g/mol. The molecule has 4 nitrogen and oxygen atoms in total. The third kappa shape index (κ3) is 2.00. The van der Waals surface area contributed by atoms with Gasteiger partial charge in [-0.15, -0.1) is 0 Å². The quantitative estimate of drug-likeness (QED) is 0.772. The van der Waals surface area contributed by atoms with Crippen molar-refractivity contribution in [1.29, 1.82) is 0 Å². The first-order chi connectivity index (χ1) is 7.68. The molecule has 1 aliphatic heterocycles. The molecular weight excluding hydrogens is 204 g/mol. The van der Waals surface area contributed by atoms with Crippen LogP contribution in [0.5, 0.6) is 0 Å². The van der Waals surface area contributed by atoms with Crippen LogP contribution in [0.25, 0.3) is 0 Å². The molecule has 0 aliphatic carbocycles. The van der Waals surface area contributed by atoms with Crippen LogP contribution in [0.3, 0.4) is 0 Å². The molecule has 0 amide bonds. The highest BCUT2D eigenvalue weighted by molar-refractivity contribution is 6.46. The fraction of sp³-hybridized carbons (Fsp3) is 0.250. The van der Waals surface area contributed by atoms with Gasteiger partial charge in [0.05, 0.1) is 0 Å². The predicted octanol–water partition coefficient (Wildman–Crippen LogP) is 1.18. The standard InChI is InChI=1S/C12H12N2O2/c1-8(15)10-7-11(14-13-10)12(16)9-5-3-2-4-6-9/h2-6,10,13H,7H2,1H3. The van der Waals surface area contributed by atoms with E-state index in [2.05, 4.69) is 10.5 Å². The van der Waals surface area contributed by atoms with Crippen LogP contribution in [0.15, 0.2) is 35.4 Å². The van der Waals surface area contributed by atoms with Crippen LogP contribution in [-0.4, -0.2) is 23.3 Å². The summed E-state index contributed by atoms with van der Waals surface area (Å²) < 4.78 is 0. The molecule has 2 rings (SSSR count). The number of nitrogens with zero attached hydrogens (tertiary/aromatic N) is 1. The van der Waals surface area contributed by atoms with Gasteiger partial charge in [-0.05, 0) is 6.92 Å². The Hall–Kier alpha value is -1.97. The minimum atomic E-state index is -0.345. The highest BCUT2D eigenvalue weighted by Gasteiger charge is 2.26. The Labute approximate surface area is 93.4 Å². The zero-order valence-corrected chi connectivity index (χ0v) is 8.93. The average Bonchev–Trinajstić information content (AvgIpc) is 2.78. The van der Waals surface area contributed by atoms with E-state index < -0.39 is 0 Å². The molecule has 82 valence electrons. The third-order valence-electron chi connectivity index (χ3n) is 2.54. The van der Waals surface area contributed by atoms with E-state index in [9.17, 15) is 9.59 Å². The fourth-order valence-electron chi connectivity index (χ4n) is 1.57. The highest BCUT2D eigenvalue weighted by Crippen LogP contribution is 2.10. The number of Topliss-reactive ketones (excluding diaryl/α,β-unsaturated/α-hetero) is 2. The molecule has 0 bridgehead atoms. The van der Waals surface area contributed by atoms with Gasteiger partial charge in [0, 0.05) is 12.0 Å². The van der Waals surface area contributed by atoms with Gasteiger partial charge in [0.2, 0.25) is 5.78 Å². The number of carbonyl (C=O) groups excluding carboxylic acids is 2. The van der Waals surface area contributed by atoms with E-state index in [4.69, 9.17) is 0 Å². The Kier molecular flexibility index (Phi) is 2.81. The SMILES string of the molecule is CC(=O)C1CC(C(=O)c2ccccc2)=NN1. The number of ketones is 2. The van der Waals surface area contributed by atoms with Crippen LogP contribution in [0.1, 0.15) is 23.7 Å². The van der Waals surface area contributed by atoms with Gasteiger partial charge in [-0.3, -0.25) is 15.0 Å². The van der Waals surface area contributed by atoms with Crippen molar-refractivity contribution in [3.63, 3.8) is 0 Å². The molecule has 16 heavy (non-hydrogen) atoms. The van der Waals surface area contributed by atoms with Crippen molar-refractivity contribution in [3.8, 4) is 0 Å². The maximum atomic E-state index is 11.9. The molecule has 1 heterocycles. The van der Waals surface area contributed by atoms with Gasteiger partial charge >= 0.3 is 0 Å². The summed E-state index contributed by atoms with van der Waals surface area (Å²) in [4.78, 5) is 23.0. The molecule has 1 aromatic rings. The van der Waals surface area contributed by atoms with Crippen LogP contribution in [0.2, 0.25) is 0 Å². The molecule has 0 fully saturated rings. The second-order valence-electron chi connectivity index (χ2n) is 3.75. The predicted molar refractivity (Wildman–Crippen MR) is 60.4 cm³/mol. The van der Waals surface area contributed by atoms with Crippen molar-refractivity contribution in [1.82, 2.24) is 5.43 Å². The number of rotatable bonds is 3. The van der Waals surface area contributed by atoms with Gasteiger partial charge in [-0.25, -0.2) is 0 Å². The summed E-state index contributed by atoms with van der Waals surface area (Å²) in [6.45, 7) is 1.49. The van der Waals surface area contributed by atoms with Gasteiger partial charge in [0.15, 0.2) is 5.78 Å². The van der Waals surface area contributed by atoms with Crippen molar-refractivity contribution in [2.24, 2.45) is 5.10 Å². The summed E-state index contributed by atoms with van der Waals surface area (Å²) >= 11 is 0. The Bertz CT molecular complexity index is 451. The summed E-state index contributed by atoms with van der Waals surface area (Å²) in [7, 11) is 0. The summed E-state index contributed by atoms with van der Waals surface area (Å²) in [6.07, 6.45) is 0.378. The molecule has 1 unspecified atom stereocenters. The third-order valence-corrected chi connectivity index (χ3v) is 2.54. The molecule has 4 heteroatoms. The van der Waals surface area contributed by atoms with E-state index in [-0.39, 0.29) is 17.6 Å². The Morgan fingerprint density at radius 1 is 1.31 bits per heavy atom. The molecule has 1 aliphatic rings. The Morgan fingerprint density at radius 3 is 2.56 bits per heavy atom. The largest absolute Gasteiger partial charge is 0.299 e. The fourth-order valence-corrected chi connectivity index (χ4v) is 1.57. The van der Waals surface area contributed by atoms with Crippen molar-refractivity contribution < 1.29 is 9.59 Å². The van der Waals surface area contributed by atoms with E-state index >= 15 is 0 Å². The van der Waals surface area contributed by atoms with Crippen molar-refractivity contribution >= 4 is 17.3 Å². The lowest BCUT2D eigenvalue weighted by molar-refractivity contribution is -0.118. The number of carbonyl (C=O) groups is 2. The second-order valence-corrected chi connectivity index (χ2v) is 3.75. The first-order valence-electron chi connectivity index (χ1n) is 5.11. The smallest absolute Gasteiger partial charge is 0.209 e. The normalized spacial score (nSPS) is 18.8. The van der Waals surface area contributed by atoms with Gasteiger partial charge < -0.3 is 0 Å². The molecule has 0 spiro atoms. The first-order valence-corrected chi connectivity index (χ1v) is 5.11. The lowest BCUT2D eigenvalue weighted by atomic mass is 10.0. The molecule has 0 aromatic heterocycles. The maximum absolute atomic E-state index is 11.9. The van der Waals surface area contributed by atoms with Gasteiger partial charge in [-0.1, -0.05) is 30.3 Å². The lowest BCUT2D eigenvalue weighted by Crippen LogP contribution is -2.28. The molecule has 1 N–H and O–H groups in total. The van der Waals surface area contributed by atoms with Crippen LogP contribution >= 0.6 is 0 Å². The summed E-state index contributed by atoms with van der Waals surface area (Å²) in [5, 5.41) is 3.91. The lowest BCUT2D eigenvalue weighted by Gasteiger charge is -2.02. The van der Waals surface area contributed by atoms with Gasteiger partial charge in [0.1, 0.15) is 11.8 Å². The van der Waals surface area contributed by atoms with Crippen molar-refractivity contribution in [3.05, 3.63) is 35.9 Å². The van der Waals surface area contributed by atoms with Crippen molar-refractivity contribution in [2.75, 3.05) is 0 Å². The second kappa shape index (κ2) is 4.26. The van der Waals surface area contributed by atoms with Crippen LogP contribution < -0.4 is 5.43 Å². The Morgan fingerprint density at radius 2 is 2.00 bits per heavy atom. The Balaban J connectivity index is 2.11. The zero-order chi connectivity index (χ0) is 11.5. The summed E-state index contributed by atoms with van der Waals surface area (Å²) in [5.41, 5.74) is 3.70. The maximum Gasteiger partial charge on any atom is 0.209 e. The number of hydrogen-bond acceptors (Lipinski definition) is 4. The summed E-state index contributed by atoms with van der Waals surface area (Å²) in [5.74, 6) is -0.114. The van der Waals surface area contributed by atoms with Crippen LogP contribution in [0.4, 0.5) is 0 Å². The number of benzene rings is 1. The highest BCUT2D eigenvalue weighted by atomic mass is 16.1. The number of hydrogen-bond donors (Lipinski definition) is 1. The van der Waals surface area contributed by atoms with Gasteiger partial charge in [0.25, 0.3) is 0 Å². The van der Waals surface area contributed by atoms with E-state index in [1.54, 1.807) is 24.3 Å². The number of nitrogens with one attached hydrogen (secondary N) is 1. The van der Waals surface area contributed by atoms with Crippen molar-refractivity contribution in [2.45, 2.75) is 19.4 Å². The molecule has 0 saturated carbocycles. The summed E-state index contributed by atoms with van der Waals surface area (Å²) in [6, 6.07) is 8.60. The van der Waals surface area contributed by atoms with E-state index in [0.717, 1.165) is 0 Å². The molecule has 0 radical (unpaired) electrons. The topological polar surface area (TPSA) is 58.5 Å². The number of hydrazone groups is 1. The van der Waals surface area contributed by atoms with E-state index in [0.29, 0.717) is 17.7 Å².